The zero-order valence-electron chi connectivity index (χ0n) is 16.3. The van der Waals surface area contributed by atoms with Crippen molar-refractivity contribution in [3.8, 4) is 11.4 Å². The predicted octanol–water partition coefficient (Wildman–Crippen LogP) is 4.56. The molecule has 0 radical (unpaired) electrons. The largest absolute Gasteiger partial charge is 0.497 e. The summed E-state index contributed by atoms with van der Waals surface area (Å²) < 4.78 is 7.03. The molecular formula is C22H20N4O2S. The van der Waals surface area contributed by atoms with Gasteiger partial charge in [-0.1, -0.05) is 18.2 Å². The number of thiophene rings is 1. The summed E-state index contributed by atoms with van der Waals surface area (Å²) in [5, 5.41) is 9.82. The lowest BCUT2D eigenvalue weighted by Gasteiger charge is -2.04. The fourth-order valence-corrected chi connectivity index (χ4v) is 4.06. The Kier molecular flexibility index (Phi) is 5.14. The van der Waals surface area contributed by atoms with E-state index in [4.69, 9.17) is 4.74 Å². The monoisotopic (exact) mass is 404 g/mol. The first-order chi connectivity index (χ1) is 14.1. The molecule has 6 nitrogen and oxygen atoms in total. The average Bonchev–Trinajstić information content (AvgIpc) is 3.33. The molecule has 0 bridgehead atoms. The molecule has 0 atom stereocenters. The van der Waals surface area contributed by atoms with Crippen LogP contribution in [0.3, 0.4) is 0 Å². The second kappa shape index (κ2) is 7.89. The van der Waals surface area contributed by atoms with E-state index >= 15 is 0 Å². The van der Waals surface area contributed by atoms with Crippen LogP contribution in [0.4, 0.5) is 0 Å². The smallest absolute Gasteiger partial charge is 0.281 e. The van der Waals surface area contributed by atoms with E-state index in [9.17, 15) is 4.79 Å². The van der Waals surface area contributed by atoms with Gasteiger partial charge in [0.2, 0.25) is 0 Å². The average molecular weight is 404 g/mol. The van der Waals surface area contributed by atoms with Crippen molar-refractivity contribution >= 4 is 33.2 Å². The minimum absolute atomic E-state index is 0.238. The van der Waals surface area contributed by atoms with E-state index in [1.165, 1.54) is 11.3 Å². The summed E-state index contributed by atoms with van der Waals surface area (Å²) in [5.74, 6) is 0.539. The fourth-order valence-electron chi connectivity index (χ4n) is 2.99. The number of fused-ring (bicyclic) bond motifs is 1. The Morgan fingerprint density at radius 3 is 2.55 bits per heavy atom. The van der Waals surface area contributed by atoms with E-state index in [1.807, 2.05) is 79.2 Å². The number of para-hydroxylation sites is 1. The third-order valence-corrected chi connectivity index (χ3v) is 5.71. The number of hydrogen-bond acceptors (Lipinski definition) is 5. The van der Waals surface area contributed by atoms with Crippen LogP contribution < -0.4 is 10.2 Å². The second-order valence-electron chi connectivity index (χ2n) is 6.53. The predicted molar refractivity (Wildman–Crippen MR) is 116 cm³/mol. The van der Waals surface area contributed by atoms with Gasteiger partial charge in [0, 0.05) is 5.39 Å². The van der Waals surface area contributed by atoms with Gasteiger partial charge in [0.25, 0.3) is 5.91 Å². The number of nitrogens with zero attached hydrogens (tertiary/aromatic N) is 3. The number of aryl methyl sites for hydroxylation is 1. The second-order valence-corrected chi connectivity index (χ2v) is 7.56. The molecule has 2 heterocycles. The third-order valence-electron chi connectivity index (χ3n) is 4.60. The van der Waals surface area contributed by atoms with Crippen molar-refractivity contribution in [1.29, 1.82) is 0 Å². The highest BCUT2D eigenvalue weighted by atomic mass is 32.1. The summed E-state index contributed by atoms with van der Waals surface area (Å²) in [5.41, 5.74) is 6.14. The summed E-state index contributed by atoms with van der Waals surface area (Å²) >= 11 is 1.40. The molecule has 7 heteroatoms. The van der Waals surface area contributed by atoms with Crippen molar-refractivity contribution in [3.05, 3.63) is 76.8 Å². The first-order valence-electron chi connectivity index (χ1n) is 9.10. The molecule has 0 fully saturated rings. The van der Waals surface area contributed by atoms with Gasteiger partial charge >= 0.3 is 0 Å². The Morgan fingerprint density at radius 1 is 1.14 bits per heavy atom. The zero-order chi connectivity index (χ0) is 20.4. The van der Waals surface area contributed by atoms with Crippen LogP contribution >= 0.6 is 11.3 Å². The molecule has 4 rings (SSSR count). The molecule has 1 amide bonds. The minimum Gasteiger partial charge on any atom is -0.497 e. The van der Waals surface area contributed by atoms with E-state index < -0.39 is 0 Å². The molecule has 0 aliphatic carbocycles. The number of benzene rings is 2. The van der Waals surface area contributed by atoms with Crippen LogP contribution in [0.25, 0.3) is 15.9 Å². The van der Waals surface area contributed by atoms with Crippen LogP contribution in [-0.4, -0.2) is 28.5 Å². The zero-order valence-corrected chi connectivity index (χ0v) is 17.2. The lowest BCUT2D eigenvalue weighted by molar-refractivity contribution is 0.0959. The number of hydrogen-bond donors (Lipinski definition) is 1. The van der Waals surface area contributed by atoms with Crippen molar-refractivity contribution in [2.45, 2.75) is 13.8 Å². The van der Waals surface area contributed by atoms with E-state index in [-0.39, 0.29) is 5.91 Å². The molecular weight excluding hydrogens is 384 g/mol. The summed E-state index contributed by atoms with van der Waals surface area (Å²) in [6.45, 7) is 3.80. The summed E-state index contributed by atoms with van der Waals surface area (Å²) in [7, 11) is 1.62. The molecule has 0 saturated heterocycles. The van der Waals surface area contributed by atoms with Gasteiger partial charge in [-0.3, -0.25) is 4.79 Å². The molecule has 2 aromatic heterocycles. The number of nitrogens with one attached hydrogen (secondary N) is 1. The first kappa shape index (κ1) is 18.9. The van der Waals surface area contributed by atoms with Gasteiger partial charge in [-0.05, 0) is 61.9 Å². The molecule has 0 spiro atoms. The Morgan fingerprint density at radius 2 is 1.86 bits per heavy atom. The van der Waals surface area contributed by atoms with Crippen LogP contribution in [-0.2, 0) is 0 Å². The standard InChI is InChI=1S/C22H20N4O2S/c1-14(16-9-11-18(28-3)12-10-16)23-24-21(27)20-13-19-15(2)25-26(22(19)29-20)17-7-5-4-6-8-17/h4-13H,1-3H3,(H,24,27)/b23-14+. The van der Waals surface area contributed by atoms with Crippen molar-refractivity contribution in [1.82, 2.24) is 15.2 Å². The van der Waals surface area contributed by atoms with E-state index in [1.54, 1.807) is 7.11 Å². The molecule has 0 saturated carbocycles. The number of carbonyl (C=O) groups excluding carboxylic acids is 1. The molecule has 1 N–H and O–H groups in total. The van der Waals surface area contributed by atoms with Crippen molar-refractivity contribution in [2.24, 2.45) is 5.10 Å². The van der Waals surface area contributed by atoms with Gasteiger partial charge in [0.15, 0.2) is 0 Å². The molecule has 2 aromatic carbocycles. The number of rotatable bonds is 5. The van der Waals surface area contributed by atoms with Crippen molar-refractivity contribution < 1.29 is 9.53 Å². The number of methoxy groups -OCH3 is 1. The quantitative estimate of drug-likeness (QED) is 0.392. The summed E-state index contributed by atoms with van der Waals surface area (Å²) in [6.07, 6.45) is 0. The molecule has 146 valence electrons. The van der Waals surface area contributed by atoms with Gasteiger partial charge in [0.05, 0.1) is 29.1 Å². The number of hydrazone groups is 1. The highest BCUT2D eigenvalue weighted by molar-refractivity contribution is 7.20. The Balaban J connectivity index is 1.57. The van der Waals surface area contributed by atoms with Crippen LogP contribution in [0.2, 0.25) is 0 Å². The van der Waals surface area contributed by atoms with Gasteiger partial charge < -0.3 is 4.74 Å². The van der Waals surface area contributed by atoms with E-state index in [0.717, 1.165) is 32.9 Å². The van der Waals surface area contributed by atoms with E-state index in [0.29, 0.717) is 10.6 Å². The summed E-state index contributed by atoms with van der Waals surface area (Å²) in [6, 6.07) is 19.3. The van der Waals surface area contributed by atoms with Crippen molar-refractivity contribution in [2.75, 3.05) is 7.11 Å². The van der Waals surface area contributed by atoms with Gasteiger partial charge in [0.1, 0.15) is 10.6 Å². The topological polar surface area (TPSA) is 68.5 Å². The highest BCUT2D eigenvalue weighted by Gasteiger charge is 2.17. The number of ether oxygens (including phenoxy) is 1. The molecule has 29 heavy (non-hydrogen) atoms. The lowest BCUT2D eigenvalue weighted by atomic mass is 10.1. The van der Waals surface area contributed by atoms with Gasteiger partial charge in [-0.25, -0.2) is 10.1 Å². The SMILES string of the molecule is COc1ccc(/C(C)=N/NC(=O)c2cc3c(C)nn(-c4ccccc4)c3s2)cc1. The van der Waals surface area contributed by atoms with Crippen molar-refractivity contribution in [3.63, 3.8) is 0 Å². The first-order valence-corrected chi connectivity index (χ1v) is 9.92. The van der Waals surface area contributed by atoms with Gasteiger partial charge in [-0.15, -0.1) is 11.3 Å². The maximum atomic E-state index is 12.7. The molecule has 0 aliphatic rings. The maximum Gasteiger partial charge on any atom is 0.281 e. The van der Waals surface area contributed by atoms with Crippen LogP contribution in [0.15, 0.2) is 65.8 Å². The molecule has 4 aromatic rings. The number of carbonyl (C=O) groups is 1. The summed E-state index contributed by atoms with van der Waals surface area (Å²) in [4.78, 5) is 14.2. The third kappa shape index (κ3) is 3.77. The van der Waals surface area contributed by atoms with E-state index in [2.05, 4.69) is 15.6 Å². The van der Waals surface area contributed by atoms with Crippen LogP contribution in [0.1, 0.15) is 27.9 Å². The normalized spacial score (nSPS) is 11.6. The minimum atomic E-state index is -0.238. The number of aromatic nitrogens is 2. The molecule has 0 unspecified atom stereocenters. The van der Waals surface area contributed by atoms with Crippen LogP contribution in [0, 0.1) is 6.92 Å². The fraction of sp³-hybridized carbons (Fsp3) is 0.136. The van der Waals surface area contributed by atoms with Crippen LogP contribution in [0.5, 0.6) is 5.75 Å². The Labute approximate surface area is 172 Å². The maximum absolute atomic E-state index is 12.7. The number of amides is 1. The Bertz CT molecular complexity index is 1190. The molecule has 0 aliphatic heterocycles. The lowest BCUT2D eigenvalue weighted by Crippen LogP contribution is -2.18. The Hall–Kier alpha value is -3.45. The highest BCUT2D eigenvalue weighted by Crippen LogP contribution is 2.30. The van der Waals surface area contributed by atoms with Gasteiger partial charge in [-0.2, -0.15) is 10.2 Å².